The molecule has 20 heavy (non-hydrogen) atoms. The van der Waals surface area contributed by atoms with E-state index in [2.05, 4.69) is 20.0 Å². The van der Waals surface area contributed by atoms with Gasteiger partial charge < -0.3 is 10.1 Å². The Morgan fingerprint density at radius 3 is 2.65 bits per heavy atom. The maximum atomic E-state index is 11.3. The number of aromatic nitrogens is 2. The molecular weight excluding hydrogens is 278 g/mol. The van der Waals surface area contributed by atoms with Crippen molar-refractivity contribution in [2.24, 2.45) is 0 Å². The van der Waals surface area contributed by atoms with Gasteiger partial charge in [0.25, 0.3) is 0 Å². The first-order valence-electron chi connectivity index (χ1n) is 6.03. The fourth-order valence-corrected chi connectivity index (χ4v) is 2.04. The molecule has 0 fully saturated rings. The van der Waals surface area contributed by atoms with Gasteiger partial charge in [0.15, 0.2) is 5.69 Å². The number of ether oxygens (including phenoxy) is 1. The number of esters is 1. The molecule has 5 nitrogen and oxygen atoms in total. The number of carbonyl (C=O) groups is 1. The van der Waals surface area contributed by atoms with Crippen LogP contribution >= 0.6 is 11.6 Å². The summed E-state index contributed by atoms with van der Waals surface area (Å²) in [6.07, 6.45) is 2.85. The standard InChI is InChI=1S/C14H14ClN3O2/c1-9(10-5-3-4-6-11(10)15)18-13-8-16-12(7-17-13)14(19)20-2/h3-9H,1-2H3,(H,17,18)/t9-/m0/s1. The molecule has 0 amide bonds. The molecule has 0 radical (unpaired) electrons. The normalized spacial score (nSPS) is 11.8. The molecule has 0 bridgehead atoms. The van der Waals surface area contributed by atoms with Gasteiger partial charge in [-0.1, -0.05) is 29.8 Å². The molecular formula is C14H14ClN3O2. The van der Waals surface area contributed by atoms with Crippen molar-refractivity contribution in [2.45, 2.75) is 13.0 Å². The first kappa shape index (κ1) is 14.3. The quantitative estimate of drug-likeness (QED) is 0.877. The topological polar surface area (TPSA) is 64.1 Å². The summed E-state index contributed by atoms with van der Waals surface area (Å²) in [6, 6.07) is 7.55. The first-order chi connectivity index (χ1) is 9.61. The molecule has 0 saturated carbocycles. The van der Waals surface area contributed by atoms with Gasteiger partial charge in [-0.15, -0.1) is 0 Å². The number of benzene rings is 1. The Morgan fingerprint density at radius 2 is 2.05 bits per heavy atom. The minimum atomic E-state index is -0.511. The maximum Gasteiger partial charge on any atom is 0.358 e. The lowest BCUT2D eigenvalue weighted by molar-refractivity contribution is 0.0593. The van der Waals surface area contributed by atoms with E-state index in [-0.39, 0.29) is 11.7 Å². The largest absolute Gasteiger partial charge is 0.464 e. The number of methoxy groups -OCH3 is 1. The molecule has 104 valence electrons. The van der Waals surface area contributed by atoms with Crippen molar-refractivity contribution in [2.75, 3.05) is 12.4 Å². The summed E-state index contributed by atoms with van der Waals surface area (Å²) in [4.78, 5) is 19.4. The molecule has 0 aliphatic heterocycles. The number of carbonyl (C=O) groups excluding carboxylic acids is 1. The number of halogens is 1. The SMILES string of the molecule is COC(=O)c1cnc(N[C@@H](C)c2ccccc2Cl)cn1. The average Bonchev–Trinajstić information content (AvgIpc) is 2.47. The molecule has 6 heteroatoms. The molecule has 1 atom stereocenters. The summed E-state index contributed by atoms with van der Waals surface area (Å²) in [5.74, 6) is 0.0493. The van der Waals surface area contributed by atoms with Crippen LogP contribution in [0, 0.1) is 0 Å². The number of nitrogens with zero attached hydrogens (tertiary/aromatic N) is 2. The molecule has 1 aromatic carbocycles. The maximum absolute atomic E-state index is 11.3. The molecule has 0 aliphatic rings. The highest BCUT2D eigenvalue weighted by Gasteiger charge is 2.11. The summed E-state index contributed by atoms with van der Waals surface area (Å²) >= 11 is 6.13. The Bertz CT molecular complexity index is 602. The van der Waals surface area contributed by atoms with Gasteiger partial charge in [-0.2, -0.15) is 0 Å². The second kappa shape index (κ2) is 6.34. The third-order valence-electron chi connectivity index (χ3n) is 2.78. The molecule has 0 spiro atoms. The zero-order valence-corrected chi connectivity index (χ0v) is 11.9. The van der Waals surface area contributed by atoms with Crippen molar-refractivity contribution in [3.63, 3.8) is 0 Å². The smallest absolute Gasteiger partial charge is 0.358 e. The number of hydrogen-bond donors (Lipinski definition) is 1. The predicted octanol–water partition coefficient (Wildman–Crippen LogP) is 3.09. The van der Waals surface area contributed by atoms with Crippen LogP contribution in [0.2, 0.25) is 5.02 Å². The van der Waals surface area contributed by atoms with Crippen LogP contribution in [-0.4, -0.2) is 23.0 Å². The van der Waals surface area contributed by atoms with Crippen molar-refractivity contribution in [3.8, 4) is 0 Å². The lowest BCUT2D eigenvalue weighted by Crippen LogP contribution is -2.10. The van der Waals surface area contributed by atoms with Crippen molar-refractivity contribution in [1.29, 1.82) is 0 Å². The molecule has 0 saturated heterocycles. The van der Waals surface area contributed by atoms with E-state index >= 15 is 0 Å². The van der Waals surface area contributed by atoms with Crippen LogP contribution < -0.4 is 5.32 Å². The van der Waals surface area contributed by atoms with E-state index in [0.717, 1.165) is 5.56 Å². The molecule has 0 aliphatic carbocycles. The van der Waals surface area contributed by atoms with Crippen LogP contribution in [-0.2, 0) is 4.74 Å². The van der Waals surface area contributed by atoms with Crippen molar-refractivity contribution in [3.05, 3.63) is 52.9 Å². The lowest BCUT2D eigenvalue weighted by atomic mass is 10.1. The van der Waals surface area contributed by atoms with Crippen LogP contribution in [0.15, 0.2) is 36.7 Å². The van der Waals surface area contributed by atoms with Crippen LogP contribution in [0.5, 0.6) is 0 Å². The number of hydrogen-bond acceptors (Lipinski definition) is 5. The van der Waals surface area contributed by atoms with Crippen LogP contribution in [0.1, 0.15) is 29.0 Å². The van der Waals surface area contributed by atoms with Gasteiger partial charge in [-0.05, 0) is 18.6 Å². The Hall–Kier alpha value is -2.14. The van der Waals surface area contributed by atoms with Gasteiger partial charge in [-0.3, -0.25) is 0 Å². The second-order valence-electron chi connectivity index (χ2n) is 4.17. The highest BCUT2D eigenvalue weighted by molar-refractivity contribution is 6.31. The minimum Gasteiger partial charge on any atom is -0.464 e. The van der Waals surface area contributed by atoms with Gasteiger partial charge in [-0.25, -0.2) is 14.8 Å². The Labute approximate surface area is 122 Å². The molecule has 1 aromatic heterocycles. The predicted molar refractivity (Wildman–Crippen MR) is 76.9 cm³/mol. The van der Waals surface area contributed by atoms with Crippen molar-refractivity contribution >= 4 is 23.4 Å². The van der Waals surface area contributed by atoms with E-state index in [1.54, 1.807) is 0 Å². The zero-order valence-electron chi connectivity index (χ0n) is 11.1. The van der Waals surface area contributed by atoms with E-state index < -0.39 is 5.97 Å². The monoisotopic (exact) mass is 291 g/mol. The third kappa shape index (κ3) is 3.24. The van der Waals surface area contributed by atoms with Crippen molar-refractivity contribution < 1.29 is 9.53 Å². The van der Waals surface area contributed by atoms with Crippen molar-refractivity contribution in [1.82, 2.24) is 9.97 Å². The average molecular weight is 292 g/mol. The van der Waals surface area contributed by atoms with Gasteiger partial charge in [0.2, 0.25) is 0 Å². The minimum absolute atomic E-state index is 0.0259. The number of rotatable bonds is 4. The molecule has 1 heterocycles. The van der Waals surface area contributed by atoms with Crippen LogP contribution in [0.3, 0.4) is 0 Å². The van der Waals surface area contributed by atoms with E-state index in [1.165, 1.54) is 19.5 Å². The first-order valence-corrected chi connectivity index (χ1v) is 6.41. The summed E-state index contributed by atoms with van der Waals surface area (Å²) in [7, 11) is 1.30. The molecule has 0 unspecified atom stereocenters. The zero-order chi connectivity index (χ0) is 14.5. The number of nitrogens with one attached hydrogen (secondary N) is 1. The Balaban J connectivity index is 2.10. The number of anilines is 1. The summed E-state index contributed by atoms with van der Waals surface area (Å²) < 4.78 is 4.56. The highest BCUT2D eigenvalue weighted by atomic mass is 35.5. The van der Waals surface area contributed by atoms with Gasteiger partial charge in [0.1, 0.15) is 5.82 Å². The lowest BCUT2D eigenvalue weighted by Gasteiger charge is -2.15. The third-order valence-corrected chi connectivity index (χ3v) is 3.13. The van der Waals surface area contributed by atoms with Gasteiger partial charge in [0, 0.05) is 5.02 Å². The summed E-state index contributed by atoms with van der Waals surface area (Å²) in [5.41, 5.74) is 1.14. The van der Waals surface area contributed by atoms with E-state index in [0.29, 0.717) is 10.8 Å². The fourth-order valence-electron chi connectivity index (χ4n) is 1.74. The summed E-state index contributed by atoms with van der Waals surface area (Å²) in [5, 5.41) is 3.86. The fraction of sp³-hybridized carbons (Fsp3) is 0.214. The molecule has 1 N–H and O–H groups in total. The Kier molecular flexibility index (Phi) is 4.53. The van der Waals surface area contributed by atoms with Gasteiger partial charge >= 0.3 is 5.97 Å². The van der Waals surface area contributed by atoms with E-state index in [1.807, 2.05) is 31.2 Å². The Morgan fingerprint density at radius 1 is 1.30 bits per heavy atom. The van der Waals surface area contributed by atoms with Crippen LogP contribution in [0.25, 0.3) is 0 Å². The summed E-state index contributed by atoms with van der Waals surface area (Å²) in [6.45, 7) is 1.97. The van der Waals surface area contributed by atoms with Crippen LogP contribution in [0.4, 0.5) is 5.82 Å². The molecule has 2 aromatic rings. The highest BCUT2D eigenvalue weighted by Crippen LogP contribution is 2.24. The molecule has 2 rings (SSSR count). The van der Waals surface area contributed by atoms with E-state index in [4.69, 9.17) is 11.6 Å². The van der Waals surface area contributed by atoms with E-state index in [9.17, 15) is 4.79 Å². The van der Waals surface area contributed by atoms with Gasteiger partial charge in [0.05, 0.1) is 25.5 Å². The second-order valence-corrected chi connectivity index (χ2v) is 4.57.